The molecule has 1 aliphatic rings. The molecule has 3 rings (SSSR count). The van der Waals surface area contributed by atoms with E-state index >= 15 is 0 Å². The fraction of sp³-hybridized carbons (Fsp3) is 0.318. The van der Waals surface area contributed by atoms with E-state index < -0.39 is 17.7 Å². The van der Waals surface area contributed by atoms with Crippen LogP contribution in [0.3, 0.4) is 0 Å². The molecule has 1 N–H and O–H groups in total. The molecule has 0 spiro atoms. The number of amides is 2. The maximum Gasteiger partial charge on any atom is 0.408 e. The average molecular weight is 379 g/mol. The number of carboxylic acid groups (broad SMARTS) is 1. The van der Waals surface area contributed by atoms with Gasteiger partial charge in [-0.3, -0.25) is 9.69 Å². The summed E-state index contributed by atoms with van der Waals surface area (Å²) in [6, 6.07) is 18.2. The Kier molecular flexibility index (Phi) is 5.23. The van der Waals surface area contributed by atoms with Crippen LogP contribution in [0.2, 0.25) is 0 Å². The lowest BCUT2D eigenvalue weighted by molar-refractivity contribution is -0.160. The number of hydrogen-bond acceptors (Lipinski definition) is 3. The van der Waals surface area contributed by atoms with Crippen LogP contribution in [0.5, 0.6) is 0 Å². The van der Waals surface area contributed by atoms with E-state index in [0.29, 0.717) is 5.71 Å². The van der Waals surface area contributed by atoms with Gasteiger partial charge in [-0.15, -0.1) is 0 Å². The number of carbonyl (C=O) groups is 2. The van der Waals surface area contributed by atoms with Crippen molar-refractivity contribution in [3.8, 4) is 0 Å². The first-order valence-electron chi connectivity index (χ1n) is 9.26. The van der Waals surface area contributed by atoms with Gasteiger partial charge in [0.05, 0.1) is 11.8 Å². The molecule has 2 aromatic rings. The number of β-lactam (4-membered cyclic amide) rings is 1. The molecule has 6 nitrogen and oxygen atoms in total. The third-order valence-corrected chi connectivity index (χ3v) is 4.83. The maximum absolute atomic E-state index is 12.9. The van der Waals surface area contributed by atoms with Crippen molar-refractivity contribution in [2.75, 3.05) is 0 Å². The standard InChI is InChI=1S/C22H25N3O3/c1-15-19(24(21(27)28)22(2,3)4)20(26)25(15)23-18(16-11-7-5-8-12-16)17-13-9-6-10-14-17/h5-15,19H,1-4H3,(H,27,28). The van der Waals surface area contributed by atoms with E-state index in [4.69, 9.17) is 0 Å². The van der Waals surface area contributed by atoms with Crippen molar-refractivity contribution < 1.29 is 14.7 Å². The monoisotopic (exact) mass is 379 g/mol. The Labute approximate surface area is 165 Å². The van der Waals surface area contributed by atoms with Crippen LogP contribution in [0.25, 0.3) is 0 Å². The van der Waals surface area contributed by atoms with Crippen LogP contribution in [-0.2, 0) is 4.79 Å². The van der Waals surface area contributed by atoms with Gasteiger partial charge < -0.3 is 5.11 Å². The summed E-state index contributed by atoms with van der Waals surface area (Å²) < 4.78 is 0. The molecular weight excluding hydrogens is 354 g/mol. The molecular formula is C22H25N3O3. The highest BCUT2D eigenvalue weighted by atomic mass is 16.4. The second kappa shape index (κ2) is 7.46. The van der Waals surface area contributed by atoms with Gasteiger partial charge in [0, 0.05) is 16.7 Å². The Morgan fingerprint density at radius 2 is 1.46 bits per heavy atom. The van der Waals surface area contributed by atoms with Gasteiger partial charge in [0.2, 0.25) is 0 Å². The molecule has 0 bridgehead atoms. The molecule has 6 heteroatoms. The molecule has 1 heterocycles. The first-order chi connectivity index (χ1) is 13.2. The molecule has 2 unspecified atom stereocenters. The highest BCUT2D eigenvalue weighted by molar-refractivity contribution is 6.13. The molecule has 2 atom stereocenters. The molecule has 2 amide bonds. The van der Waals surface area contributed by atoms with Crippen LogP contribution < -0.4 is 0 Å². The smallest absolute Gasteiger partial charge is 0.408 e. The summed E-state index contributed by atoms with van der Waals surface area (Å²) in [7, 11) is 0. The minimum Gasteiger partial charge on any atom is -0.465 e. The van der Waals surface area contributed by atoms with Gasteiger partial charge in [0.1, 0.15) is 6.04 Å². The van der Waals surface area contributed by atoms with E-state index in [2.05, 4.69) is 5.10 Å². The zero-order chi connectivity index (χ0) is 20.5. The quantitative estimate of drug-likeness (QED) is 0.648. The van der Waals surface area contributed by atoms with Crippen LogP contribution in [0.15, 0.2) is 65.8 Å². The minimum absolute atomic E-state index is 0.311. The highest BCUT2D eigenvalue weighted by Crippen LogP contribution is 2.31. The zero-order valence-electron chi connectivity index (χ0n) is 16.5. The molecule has 1 fully saturated rings. The second-order valence-electron chi connectivity index (χ2n) is 7.87. The first kappa shape index (κ1) is 19.6. The van der Waals surface area contributed by atoms with Gasteiger partial charge in [-0.05, 0) is 27.7 Å². The van der Waals surface area contributed by atoms with Gasteiger partial charge in [-0.25, -0.2) is 9.80 Å². The second-order valence-corrected chi connectivity index (χ2v) is 7.87. The lowest BCUT2D eigenvalue weighted by Gasteiger charge is -2.50. The highest BCUT2D eigenvalue weighted by Gasteiger charge is 2.53. The van der Waals surface area contributed by atoms with Crippen molar-refractivity contribution in [3.63, 3.8) is 0 Å². The summed E-state index contributed by atoms with van der Waals surface area (Å²) in [5.74, 6) is -0.311. The number of hydrogen-bond donors (Lipinski definition) is 1. The van der Waals surface area contributed by atoms with Gasteiger partial charge in [-0.2, -0.15) is 5.10 Å². The van der Waals surface area contributed by atoms with Gasteiger partial charge in [-0.1, -0.05) is 60.7 Å². The maximum atomic E-state index is 12.9. The Balaban J connectivity index is 1.97. The number of rotatable bonds is 4. The van der Waals surface area contributed by atoms with Crippen molar-refractivity contribution in [1.29, 1.82) is 0 Å². The summed E-state index contributed by atoms with van der Waals surface area (Å²) in [5.41, 5.74) is 1.78. The van der Waals surface area contributed by atoms with Crippen molar-refractivity contribution in [2.45, 2.75) is 45.3 Å². The largest absolute Gasteiger partial charge is 0.465 e. The normalized spacial score (nSPS) is 19.0. The fourth-order valence-corrected chi connectivity index (χ4v) is 3.47. The summed E-state index contributed by atoms with van der Waals surface area (Å²) >= 11 is 0. The minimum atomic E-state index is -1.10. The van der Waals surface area contributed by atoms with E-state index in [-0.39, 0.29) is 11.9 Å². The molecule has 2 aromatic carbocycles. The molecule has 28 heavy (non-hydrogen) atoms. The topological polar surface area (TPSA) is 73.2 Å². The van der Waals surface area contributed by atoms with Crippen molar-refractivity contribution in [1.82, 2.24) is 9.91 Å². The van der Waals surface area contributed by atoms with E-state index in [0.717, 1.165) is 11.1 Å². The van der Waals surface area contributed by atoms with E-state index in [9.17, 15) is 14.7 Å². The van der Waals surface area contributed by atoms with E-state index in [1.165, 1.54) is 9.91 Å². The molecule has 0 radical (unpaired) electrons. The molecule has 0 aliphatic carbocycles. The van der Waals surface area contributed by atoms with Crippen LogP contribution in [0.4, 0.5) is 4.79 Å². The predicted molar refractivity (Wildman–Crippen MR) is 108 cm³/mol. The van der Waals surface area contributed by atoms with Crippen molar-refractivity contribution >= 4 is 17.7 Å². The molecule has 146 valence electrons. The Bertz CT molecular complexity index is 847. The van der Waals surface area contributed by atoms with Crippen LogP contribution in [0.1, 0.15) is 38.8 Å². The van der Waals surface area contributed by atoms with E-state index in [1.807, 2.05) is 67.6 Å². The lowest BCUT2D eigenvalue weighted by Crippen LogP contribution is -2.71. The fourth-order valence-electron chi connectivity index (χ4n) is 3.47. The predicted octanol–water partition coefficient (Wildman–Crippen LogP) is 3.82. The lowest BCUT2D eigenvalue weighted by atomic mass is 9.92. The number of nitrogens with zero attached hydrogens (tertiary/aromatic N) is 3. The summed E-state index contributed by atoms with van der Waals surface area (Å²) in [4.78, 5) is 25.9. The van der Waals surface area contributed by atoms with Crippen molar-refractivity contribution in [3.05, 3.63) is 71.8 Å². The summed E-state index contributed by atoms with van der Waals surface area (Å²) in [5, 5.41) is 15.7. The van der Waals surface area contributed by atoms with E-state index in [1.54, 1.807) is 20.8 Å². The Morgan fingerprint density at radius 1 is 1.00 bits per heavy atom. The van der Waals surface area contributed by atoms with Crippen LogP contribution in [0, 0.1) is 0 Å². The number of hydrazone groups is 1. The Hall–Kier alpha value is -3.15. The average Bonchev–Trinajstić information content (AvgIpc) is 2.66. The third-order valence-electron chi connectivity index (χ3n) is 4.83. The van der Waals surface area contributed by atoms with Gasteiger partial charge >= 0.3 is 6.09 Å². The molecule has 0 saturated carbocycles. The number of carbonyl (C=O) groups excluding carboxylic acids is 1. The Morgan fingerprint density at radius 3 is 1.82 bits per heavy atom. The third kappa shape index (κ3) is 3.63. The van der Waals surface area contributed by atoms with Crippen LogP contribution >= 0.6 is 0 Å². The summed E-state index contributed by atoms with van der Waals surface area (Å²) in [6.07, 6.45) is -1.10. The van der Waals surface area contributed by atoms with Crippen LogP contribution in [-0.4, -0.2) is 50.4 Å². The molecule has 0 aromatic heterocycles. The van der Waals surface area contributed by atoms with Gasteiger partial charge in [0.15, 0.2) is 0 Å². The summed E-state index contributed by atoms with van der Waals surface area (Å²) in [6.45, 7) is 7.18. The first-order valence-corrected chi connectivity index (χ1v) is 9.26. The zero-order valence-corrected chi connectivity index (χ0v) is 16.5. The molecule has 1 saturated heterocycles. The molecule has 1 aliphatic heterocycles. The number of benzene rings is 2. The SMILES string of the molecule is CC1C(N(C(=O)O)C(C)(C)C)C(=O)N1N=C(c1ccccc1)c1ccccc1. The van der Waals surface area contributed by atoms with Crippen molar-refractivity contribution in [2.24, 2.45) is 5.10 Å². The van der Waals surface area contributed by atoms with Gasteiger partial charge in [0.25, 0.3) is 5.91 Å².